The summed E-state index contributed by atoms with van der Waals surface area (Å²) >= 11 is 0. The fourth-order valence-corrected chi connectivity index (χ4v) is 4.74. The molecule has 3 rings (SSSR count). The van der Waals surface area contributed by atoms with E-state index in [1.165, 1.54) is 4.90 Å². The topological polar surface area (TPSA) is 98.8 Å². The van der Waals surface area contributed by atoms with Crippen molar-refractivity contribution >= 4 is 22.0 Å². The number of alkyl halides is 3. The van der Waals surface area contributed by atoms with Gasteiger partial charge in [-0.2, -0.15) is 17.5 Å². The lowest BCUT2D eigenvalue weighted by Crippen LogP contribution is -2.53. The van der Waals surface area contributed by atoms with Crippen LogP contribution in [0.4, 0.5) is 18.0 Å². The van der Waals surface area contributed by atoms with Crippen LogP contribution in [0.1, 0.15) is 11.1 Å². The Hall–Kier alpha value is -3.12. The lowest BCUT2D eigenvalue weighted by molar-refractivity contribution is -0.137. The third-order valence-corrected chi connectivity index (χ3v) is 6.98. The highest BCUT2D eigenvalue weighted by Gasteiger charge is 2.34. The molecule has 178 valence electrons. The molecule has 0 unspecified atom stereocenters. The second kappa shape index (κ2) is 10.2. The Labute approximate surface area is 189 Å². The van der Waals surface area contributed by atoms with Crippen molar-refractivity contribution in [3.63, 3.8) is 0 Å². The van der Waals surface area contributed by atoms with Crippen molar-refractivity contribution in [2.24, 2.45) is 0 Å². The number of nitrogens with one attached hydrogen (secondary N) is 2. The predicted molar refractivity (Wildman–Crippen MR) is 113 cm³/mol. The zero-order valence-corrected chi connectivity index (χ0v) is 18.3. The van der Waals surface area contributed by atoms with Crippen LogP contribution in [0.25, 0.3) is 0 Å². The molecule has 0 aliphatic carbocycles. The summed E-state index contributed by atoms with van der Waals surface area (Å²) in [6.07, 6.45) is -4.66. The molecule has 33 heavy (non-hydrogen) atoms. The standard InChI is InChI=1S/C21H23F3N4O4S/c22-21(23,24)17-7-4-8-18(13-17)33(31,32)28-11-9-27(10-12-28)19(29)15-26-20(30)25-14-16-5-2-1-3-6-16/h1-8,13H,9-12,14-15H2,(H2,25,26,30). The Bertz CT molecular complexity index is 1090. The van der Waals surface area contributed by atoms with Gasteiger partial charge in [-0.25, -0.2) is 13.2 Å². The van der Waals surface area contributed by atoms with Gasteiger partial charge in [0.2, 0.25) is 15.9 Å². The second-order valence-corrected chi connectivity index (χ2v) is 9.27. The van der Waals surface area contributed by atoms with Gasteiger partial charge in [-0.3, -0.25) is 4.79 Å². The van der Waals surface area contributed by atoms with Crippen LogP contribution in [-0.2, 0) is 27.5 Å². The van der Waals surface area contributed by atoms with Crippen molar-refractivity contribution in [1.82, 2.24) is 19.8 Å². The maximum absolute atomic E-state index is 12.9. The van der Waals surface area contributed by atoms with Gasteiger partial charge in [0.1, 0.15) is 0 Å². The van der Waals surface area contributed by atoms with Crippen LogP contribution in [0.5, 0.6) is 0 Å². The minimum absolute atomic E-state index is 0.0599. The number of carbonyl (C=O) groups excluding carboxylic acids is 2. The van der Waals surface area contributed by atoms with Crippen LogP contribution in [0.15, 0.2) is 59.5 Å². The van der Waals surface area contributed by atoms with Crippen molar-refractivity contribution in [1.29, 1.82) is 0 Å². The molecular weight excluding hydrogens is 461 g/mol. The third-order valence-electron chi connectivity index (χ3n) is 5.09. The van der Waals surface area contributed by atoms with Crippen molar-refractivity contribution < 1.29 is 31.2 Å². The molecule has 12 heteroatoms. The van der Waals surface area contributed by atoms with E-state index >= 15 is 0 Å². The Balaban J connectivity index is 1.49. The molecule has 2 aromatic rings. The molecule has 3 amide bonds. The zero-order chi connectivity index (χ0) is 24.1. The average Bonchev–Trinajstić information content (AvgIpc) is 2.81. The Morgan fingerprint density at radius 2 is 1.58 bits per heavy atom. The molecule has 0 saturated carbocycles. The smallest absolute Gasteiger partial charge is 0.339 e. The van der Waals surface area contributed by atoms with Gasteiger partial charge in [0.15, 0.2) is 0 Å². The van der Waals surface area contributed by atoms with Crippen LogP contribution in [0.2, 0.25) is 0 Å². The van der Waals surface area contributed by atoms with Crippen LogP contribution in [-0.4, -0.2) is 62.3 Å². The van der Waals surface area contributed by atoms with Crippen LogP contribution >= 0.6 is 0 Å². The summed E-state index contributed by atoms with van der Waals surface area (Å²) in [7, 11) is -4.14. The molecule has 1 aliphatic heterocycles. The van der Waals surface area contributed by atoms with Crippen LogP contribution in [0, 0.1) is 0 Å². The van der Waals surface area contributed by atoms with Crippen molar-refractivity contribution in [2.75, 3.05) is 32.7 Å². The van der Waals surface area contributed by atoms with Gasteiger partial charge in [-0.1, -0.05) is 36.4 Å². The maximum Gasteiger partial charge on any atom is 0.416 e. The number of rotatable bonds is 6. The summed E-state index contributed by atoms with van der Waals surface area (Å²) in [5, 5.41) is 5.09. The summed E-state index contributed by atoms with van der Waals surface area (Å²) in [6.45, 7) is 0.0255. The first-order chi connectivity index (χ1) is 15.6. The highest BCUT2D eigenvalue weighted by Crippen LogP contribution is 2.31. The summed E-state index contributed by atoms with van der Waals surface area (Å²) < 4.78 is 65.3. The number of piperazine rings is 1. The minimum Gasteiger partial charge on any atom is -0.339 e. The van der Waals surface area contributed by atoms with Gasteiger partial charge >= 0.3 is 12.2 Å². The van der Waals surface area contributed by atoms with E-state index in [1.54, 1.807) is 0 Å². The van der Waals surface area contributed by atoms with Crippen molar-refractivity contribution in [3.05, 3.63) is 65.7 Å². The van der Waals surface area contributed by atoms with Crippen molar-refractivity contribution in [2.45, 2.75) is 17.6 Å². The van der Waals surface area contributed by atoms with E-state index < -0.39 is 32.7 Å². The van der Waals surface area contributed by atoms with Gasteiger partial charge in [0.25, 0.3) is 0 Å². The number of hydrogen-bond donors (Lipinski definition) is 2. The van der Waals surface area contributed by atoms with E-state index in [1.807, 2.05) is 30.3 Å². The highest BCUT2D eigenvalue weighted by atomic mass is 32.2. The van der Waals surface area contributed by atoms with E-state index in [9.17, 15) is 31.2 Å². The van der Waals surface area contributed by atoms with E-state index in [2.05, 4.69) is 10.6 Å². The molecule has 0 spiro atoms. The number of sulfonamides is 1. The summed E-state index contributed by atoms with van der Waals surface area (Å²) in [5.41, 5.74) is -0.147. The number of benzene rings is 2. The average molecular weight is 485 g/mol. The molecule has 1 saturated heterocycles. The summed E-state index contributed by atoms with van der Waals surface area (Å²) in [4.78, 5) is 25.2. The number of amides is 3. The molecule has 8 nitrogen and oxygen atoms in total. The largest absolute Gasteiger partial charge is 0.416 e. The number of hydrogen-bond acceptors (Lipinski definition) is 4. The number of urea groups is 1. The van der Waals surface area contributed by atoms with E-state index in [0.29, 0.717) is 12.6 Å². The molecule has 2 N–H and O–H groups in total. The summed E-state index contributed by atoms with van der Waals surface area (Å²) in [5.74, 6) is -0.388. The van der Waals surface area contributed by atoms with Crippen LogP contribution < -0.4 is 10.6 Å². The van der Waals surface area contributed by atoms with Gasteiger partial charge in [-0.15, -0.1) is 0 Å². The Morgan fingerprint density at radius 3 is 2.21 bits per heavy atom. The lowest BCUT2D eigenvalue weighted by Gasteiger charge is -2.34. The first-order valence-electron chi connectivity index (χ1n) is 10.1. The second-order valence-electron chi connectivity index (χ2n) is 7.33. The quantitative estimate of drug-likeness (QED) is 0.656. The zero-order valence-electron chi connectivity index (χ0n) is 17.5. The predicted octanol–water partition coefficient (Wildman–Crippen LogP) is 2.04. The van der Waals surface area contributed by atoms with Gasteiger partial charge in [-0.05, 0) is 23.8 Å². The SMILES string of the molecule is O=C(NCC(=O)N1CCN(S(=O)(=O)c2cccc(C(F)(F)F)c2)CC1)NCc1ccccc1. The van der Waals surface area contributed by atoms with Gasteiger partial charge in [0.05, 0.1) is 17.0 Å². The molecule has 0 atom stereocenters. The molecule has 0 radical (unpaired) electrons. The highest BCUT2D eigenvalue weighted by molar-refractivity contribution is 7.89. The number of carbonyl (C=O) groups is 2. The van der Waals surface area contributed by atoms with Gasteiger partial charge < -0.3 is 15.5 Å². The molecule has 2 aromatic carbocycles. The molecule has 0 bridgehead atoms. The number of halogens is 3. The molecule has 1 aliphatic rings. The third kappa shape index (κ3) is 6.45. The first-order valence-corrected chi connectivity index (χ1v) is 11.5. The molecule has 1 fully saturated rings. The van der Waals surface area contributed by atoms with E-state index in [0.717, 1.165) is 28.1 Å². The summed E-state index contributed by atoms with van der Waals surface area (Å²) in [6, 6.07) is 12.3. The Morgan fingerprint density at radius 1 is 0.909 bits per heavy atom. The van der Waals surface area contributed by atoms with Crippen molar-refractivity contribution in [3.8, 4) is 0 Å². The monoisotopic (exact) mass is 484 g/mol. The molecular formula is C21H23F3N4O4S. The first kappa shape index (κ1) is 24.5. The van der Waals surface area contributed by atoms with Gasteiger partial charge in [0, 0.05) is 32.7 Å². The fraction of sp³-hybridized carbons (Fsp3) is 0.333. The van der Waals surface area contributed by atoms with Crippen LogP contribution in [0.3, 0.4) is 0 Å². The molecule has 1 heterocycles. The van der Waals surface area contributed by atoms with E-state index in [4.69, 9.17) is 0 Å². The minimum atomic E-state index is -4.66. The number of nitrogens with zero attached hydrogens (tertiary/aromatic N) is 2. The normalized spacial score (nSPS) is 15.2. The fourth-order valence-electron chi connectivity index (χ4n) is 3.27. The Kier molecular flexibility index (Phi) is 7.59. The van der Waals surface area contributed by atoms with E-state index in [-0.39, 0.29) is 38.6 Å². The molecule has 0 aromatic heterocycles. The lowest BCUT2D eigenvalue weighted by atomic mass is 10.2. The maximum atomic E-state index is 12.9.